The third-order valence-corrected chi connectivity index (χ3v) is 9.86. The standard InChI is InChI=1S/C36H63N3O9/c1-16-22(10)28-31(40)37(13)26(20(6)7)35(44)47-30(24(12)18-3)33(42)39(15)27(21(8)9)36(45)48-29(23(11)17-2)32(41)38(14)25(19(4)5)34(43)46-28/h19-30H,16-18H2,1-15H3/t22-,23-,24-,25-,26-,27-,28+,29+,30+/m0/s1. The van der Waals surface area contributed by atoms with Crippen LogP contribution in [0.5, 0.6) is 0 Å². The highest BCUT2D eigenvalue weighted by Crippen LogP contribution is 2.27. The minimum absolute atomic E-state index is 0.432. The van der Waals surface area contributed by atoms with Crippen molar-refractivity contribution in [3.05, 3.63) is 0 Å². The van der Waals surface area contributed by atoms with Gasteiger partial charge in [0.25, 0.3) is 17.7 Å². The van der Waals surface area contributed by atoms with Crippen molar-refractivity contribution in [3.63, 3.8) is 0 Å². The summed E-state index contributed by atoms with van der Waals surface area (Å²) < 4.78 is 17.8. The van der Waals surface area contributed by atoms with Crippen molar-refractivity contribution in [1.82, 2.24) is 14.7 Å². The predicted octanol–water partition coefficient (Wildman–Crippen LogP) is 4.32. The van der Waals surface area contributed by atoms with Gasteiger partial charge in [0.15, 0.2) is 18.3 Å². The summed E-state index contributed by atoms with van der Waals surface area (Å²) >= 11 is 0. The molecule has 1 fully saturated rings. The van der Waals surface area contributed by atoms with Gasteiger partial charge in [-0.2, -0.15) is 0 Å². The molecule has 0 aromatic carbocycles. The molecular formula is C36H63N3O9. The average molecular weight is 682 g/mol. The maximum atomic E-state index is 14.1. The van der Waals surface area contributed by atoms with Gasteiger partial charge in [-0.3, -0.25) is 14.4 Å². The topological polar surface area (TPSA) is 140 Å². The maximum absolute atomic E-state index is 14.1. The lowest BCUT2D eigenvalue weighted by Crippen LogP contribution is -2.58. The predicted molar refractivity (Wildman–Crippen MR) is 182 cm³/mol. The number of likely N-dealkylation sites (N-methyl/N-ethyl adjacent to an activating group) is 3. The Morgan fingerprint density at radius 2 is 0.625 bits per heavy atom. The van der Waals surface area contributed by atoms with Crippen LogP contribution in [0.15, 0.2) is 0 Å². The Bertz CT molecular complexity index is 1000. The molecule has 1 aliphatic rings. The lowest BCUT2D eigenvalue weighted by atomic mass is 9.95. The summed E-state index contributed by atoms with van der Waals surface area (Å²) in [5.41, 5.74) is 0. The smallest absolute Gasteiger partial charge is 0.329 e. The number of rotatable bonds is 9. The van der Waals surface area contributed by atoms with Crippen LogP contribution >= 0.6 is 0 Å². The van der Waals surface area contributed by atoms with Crippen LogP contribution in [0.25, 0.3) is 0 Å². The number of amides is 3. The average Bonchev–Trinajstić information content (AvgIpc) is 3.01. The van der Waals surface area contributed by atoms with Gasteiger partial charge in [-0.05, 0) is 37.0 Å². The van der Waals surface area contributed by atoms with E-state index in [9.17, 15) is 28.8 Å². The molecule has 276 valence electrons. The molecule has 1 rings (SSSR count). The lowest BCUT2D eigenvalue weighted by molar-refractivity contribution is -0.182. The highest BCUT2D eigenvalue weighted by molar-refractivity contribution is 5.94. The minimum Gasteiger partial charge on any atom is -0.450 e. The van der Waals surface area contributed by atoms with Crippen LogP contribution < -0.4 is 0 Å². The van der Waals surface area contributed by atoms with E-state index in [1.807, 2.05) is 20.8 Å². The fourth-order valence-electron chi connectivity index (χ4n) is 6.10. The van der Waals surface area contributed by atoms with E-state index < -0.39 is 108 Å². The molecule has 0 aromatic rings. The number of carbonyl (C=O) groups is 6. The van der Waals surface area contributed by atoms with Gasteiger partial charge in [-0.15, -0.1) is 0 Å². The Labute approximate surface area is 288 Å². The third-order valence-electron chi connectivity index (χ3n) is 9.86. The number of ether oxygens (including phenoxy) is 3. The van der Waals surface area contributed by atoms with E-state index in [0.29, 0.717) is 19.3 Å². The number of esters is 3. The van der Waals surface area contributed by atoms with Crippen molar-refractivity contribution in [3.8, 4) is 0 Å². The number of nitrogens with zero attached hydrogens (tertiary/aromatic N) is 3. The summed E-state index contributed by atoms with van der Waals surface area (Å²) in [6, 6.07) is -3.34. The molecule has 0 aliphatic carbocycles. The SMILES string of the molecule is CC[C@H](C)[C@H]1OC(=O)[C@H](C(C)C)N(C)C(=O)[C@@H]([C@@H](C)CC)OC(=O)[C@H](C(C)C)N(C)C(=O)[C@@H]([C@@H](C)CC)OC(=O)[C@H](C(C)C)N(C)C1=O. The van der Waals surface area contributed by atoms with Crippen LogP contribution in [0, 0.1) is 35.5 Å². The van der Waals surface area contributed by atoms with Gasteiger partial charge in [0.1, 0.15) is 18.1 Å². The highest BCUT2D eigenvalue weighted by atomic mass is 16.6. The van der Waals surface area contributed by atoms with Crippen LogP contribution in [0.3, 0.4) is 0 Å². The van der Waals surface area contributed by atoms with Crippen molar-refractivity contribution < 1.29 is 43.0 Å². The quantitative estimate of drug-likeness (QED) is 0.257. The molecule has 9 atom stereocenters. The number of cyclic esters (lactones) is 3. The third kappa shape index (κ3) is 9.94. The van der Waals surface area contributed by atoms with E-state index in [0.717, 1.165) is 0 Å². The van der Waals surface area contributed by atoms with Gasteiger partial charge in [0, 0.05) is 38.9 Å². The Hall–Kier alpha value is -3.18. The highest BCUT2D eigenvalue weighted by Gasteiger charge is 2.45. The first-order chi connectivity index (χ1) is 22.2. The van der Waals surface area contributed by atoms with Crippen molar-refractivity contribution in [2.24, 2.45) is 35.5 Å². The molecule has 3 amide bonds. The number of hydrogen-bond donors (Lipinski definition) is 0. The zero-order chi connectivity index (χ0) is 37.4. The Kier molecular flexibility index (Phi) is 16.6. The fourth-order valence-corrected chi connectivity index (χ4v) is 6.10. The van der Waals surface area contributed by atoms with Crippen molar-refractivity contribution in [2.75, 3.05) is 21.1 Å². The summed E-state index contributed by atoms with van der Waals surface area (Å²) in [7, 11) is 4.37. The van der Waals surface area contributed by atoms with E-state index in [-0.39, 0.29) is 0 Å². The molecule has 1 aliphatic heterocycles. The second-order valence-corrected chi connectivity index (χ2v) is 14.6. The molecule has 1 saturated heterocycles. The fraction of sp³-hybridized carbons (Fsp3) is 0.833. The summed E-state index contributed by atoms with van der Waals surface area (Å²) in [6.45, 7) is 21.4. The Morgan fingerprint density at radius 3 is 0.771 bits per heavy atom. The second-order valence-electron chi connectivity index (χ2n) is 14.6. The molecule has 0 aromatic heterocycles. The number of hydrogen-bond acceptors (Lipinski definition) is 9. The van der Waals surface area contributed by atoms with Gasteiger partial charge >= 0.3 is 17.9 Å². The molecule has 0 radical (unpaired) electrons. The van der Waals surface area contributed by atoms with Crippen LogP contribution in [-0.4, -0.2) is 108 Å². The van der Waals surface area contributed by atoms with Crippen LogP contribution in [0.4, 0.5) is 0 Å². The summed E-state index contributed by atoms with van der Waals surface area (Å²) in [6.07, 6.45) is -2.35. The van der Waals surface area contributed by atoms with E-state index in [2.05, 4.69) is 0 Å². The molecule has 0 bridgehead atoms. The zero-order valence-electron chi connectivity index (χ0n) is 32.1. The van der Waals surface area contributed by atoms with E-state index >= 15 is 0 Å². The van der Waals surface area contributed by atoms with Crippen LogP contribution in [0.2, 0.25) is 0 Å². The van der Waals surface area contributed by atoms with E-state index in [1.54, 1.807) is 62.3 Å². The van der Waals surface area contributed by atoms with Gasteiger partial charge in [-0.1, -0.05) is 83.1 Å². The van der Waals surface area contributed by atoms with E-state index in [1.165, 1.54) is 35.8 Å². The lowest BCUT2D eigenvalue weighted by Gasteiger charge is -2.39. The second kappa shape index (κ2) is 18.5. The first-order valence-corrected chi connectivity index (χ1v) is 17.6. The van der Waals surface area contributed by atoms with Crippen molar-refractivity contribution in [2.45, 2.75) is 139 Å². The molecular weight excluding hydrogens is 618 g/mol. The molecule has 0 N–H and O–H groups in total. The maximum Gasteiger partial charge on any atom is 0.329 e. The largest absolute Gasteiger partial charge is 0.450 e. The summed E-state index contributed by atoms with van der Waals surface area (Å²) in [5.74, 6) is -6.73. The summed E-state index contributed by atoms with van der Waals surface area (Å²) in [4.78, 5) is 87.8. The zero-order valence-corrected chi connectivity index (χ0v) is 32.1. The van der Waals surface area contributed by atoms with Gasteiger partial charge in [-0.25, -0.2) is 14.4 Å². The molecule has 12 heteroatoms. The molecule has 0 saturated carbocycles. The monoisotopic (exact) mass is 681 g/mol. The van der Waals surface area contributed by atoms with Crippen molar-refractivity contribution >= 4 is 35.6 Å². The minimum atomic E-state index is -1.27. The molecule has 0 unspecified atom stereocenters. The Morgan fingerprint density at radius 1 is 0.438 bits per heavy atom. The first kappa shape index (κ1) is 42.8. The first-order valence-electron chi connectivity index (χ1n) is 17.6. The van der Waals surface area contributed by atoms with Crippen molar-refractivity contribution in [1.29, 1.82) is 0 Å². The van der Waals surface area contributed by atoms with Gasteiger partial charge < -0.3 is 28.9 Å². The van der Waals surface area contributed by atoms with Gasteiger partial charge in [0.05, 0.1) is 0 Å². The Balaban J connectivity index is 4.04. The number of carbonyl (C=O) groups excluding carboxylic acids is 6. The molecule has 0 spiro atoms. The normalized spacial score (nSPS) is 28.2. The van der Waals surface area contributed by atoms with E-state index in [4.69, 9.17) is 14.2 Å². The molecule has 48 heavy (non-hydrogen) atoms. The molecule has 12 nitrogen and oxygen atoms in total. The summed E-state index contributed by atoms with van der Waals surface area (Å²) in [5, 5.41) is 0. The van der Waals surface area contributed by atoms with Crippen LogP contribution in [-0.2, 0) is 43.0 Å². The van der Waals surface area contributed by atoms with Crippen LogP contribution in [0.1, 0.15) is 102 Å². The van der Waals surface area contributed by atoms with Gasteiger partial charge in [0.2, 0.25) is 0 Å². The molecule has 1 heterocycles.